The first-order valence-electron chi connectivity index (χ1n) is 6.57. The summed E-state index contributed by atoms with van der Waals surface area (Å²) in [7, 11) is 0. The summed E-state index contributed by atoms with van der Waals surface area (Å²) in [4.78, 5) is 3.89. The molecular formula is C14H15F2N3O. The summed E-state index contributed by atoms with van der Waals surface area (Å²) in [6.07, 6.45) is 3.84. The Balaban J connectivity index is 2.02. The van der Waals surface area contributed by atoms with E-state index in [1.54, 1.807) is 11.0 Å². The number of aromatic nitrogens is 3. The number of halogens is 2. The van der Waals surface area contributed by atoms with Gasteiger partial charge in [-0.15, -0.1) is 0 Å². The maximum Gasteiger partial charge on any atom is 0.137 e. The Hall–Kier alpha value is -1.82. The van der Waals surface area contributed by atoms with Crippen LogP contribution in [0.2, 0.25) is 0 Å². The normalized spacial score (nSPS) is 25.4. The summed E-state index contributed by atoms with van der Waals surface area (Å²) < 4.78 is 34.6. The van der Waals surface area contributed by atoms with Crippen LogP contribution in [0.3, 0.4) is 0 Å². The van der Waals surface area contributed by atoms with E-state index in [0.29, 0.717) is 18.7 Å². The standard InChI is InChI=1S/C14H15F2N3O/c1-2-10-6-20-14(10,7-19-9-17-8-18-19)12-4-3-11(15)5-13(12)16/h3-5,8-10H,2,6-7H2,1H3. The third-order valence-electron chi connectivity index (χ3n) is 3.94. The number of benzene rings is 1. The van der Waals surface area contributed by atoms with Crippen molar-refractivity contribution in [3.05, 3.63) is 48.1 Å². The average molecular weight is 279 g/mol. The molecule has 1 aliphatic rings. The molecule has 0 amide bonds. The lowest BCUT2D eigenvalue weighted by atomic mass is 9.75. The first kappa shape index (κ1) is 13.2. The summed E-state index contributed by atoms with van der Waals surface area (Å²) in [6, 6.07) is 3.62. The Bertz CT molecular complexity index is 600. The van der Waals surface area contributed by atoms with E-state index in [4.69, 9.17) is 4.74 Å². The fourth-order valence-corrected chi connectivity index (χ4v) is 2.80. The third-order valence-corrected chi connectivity index (χ3v) is 3.94. The van der Waals surface area contributed by atoms with Crippen LogP contribution in [-0.4, -0.2) is 21.4 Å². The average Bonchev–Trinajstić information content (AvgIpc) is 2.89. The molecule has 3 rings (SSSR count). The van der Waals surface area contributed by atoms with Gasteiger partial charge in [0.2, 0.25) is 0 Å². The van der Waals surface area contributed by atoms with E-state index < -0.39 is 17.2 Å². The van der Waals surface area contributed by atoms with Gasteiger partial charge in [-0.25, -0.2) is 18.4 Å². The van der Waals surface area contributed by atoms with Crippen molar-refractivity contribution in [3.63, 3.8) is 0 Å². The second-order valence-electron chi connectivity index (χ2n) is 5.02. The minimum Gasteiger partial charge on any atom is -0.367 e. The molecule has 1 saturated heterocycles. The summed E-state index contributed by atoms with van der Waals surface area (Å²) in [6.45, 7) is 2.97. The van der Waals surface area contributed by atoms with Crippen molar-refractivity contribution in [2.75, 3.05) is 6.61 Å². The van der Waals surface area contributed by atoms with E-state index in [-0.39, 0.29) is 5.92 Å². The largest absolute Gasteiger partial charge is 0.367 e. The zero-order valence-corrected chi connectivity index (χ0v) is 11.1. The van der Waals surface area contributed by atoms with Gasteiger partial charge in [0.1, 0.15) is 29.9 Å². The topological polar surface area (TPSA) is 39.9 Å². The van der Waals surface area contributed by atoms with E-state index in [1.165, 1.54) is 18.5 Å². The van der Waals surface area contributed by atoms with Crippen LogP contribution in [0.25, 0.3) is 0 Å². The van der Waals surface area contributed by atoms with Gasteiger partial charge >= 0.3 is 0 Å². The summed E-state index contributed by atoms with van der Waals surface area (Å²) in [5.41, 5.74) is -0.409. The first-order valence-corrected chi connectivity index (χ1v) is 6.57. The lowest BCUT2D eigenvalue weighted by Crippen LogP contribution is -2.54. The van der Waals surface area contributed by atoms with Crippen LogP contribution in [0.5, 0.6) is 0 Å². The van der Waals surface area contributed by atoms with E-state index in [0.717, 1.165) is 12.5 Å². The molecule has 1 fully saturated rings. The predicted octanol–water partition coefficient (Wildman–Crippen LogP) is 2.51. The fourth-order valence-electron chi connectivity index (χ4n) is 2.80. The van der Waals surface area contributed by atoms with Gasteiger partial charge in [0.05, 0.1) is 13.2 Å². The molecular weight excluding hydrogens is 264 g/mol. The third kappa shape index (κ3) is 2.00. The fraction of sp³-hybridized carbons (Fsp3) is 0.429. The van der Waals surface area contributed by atoms with Crippen molar-refractivity contribution in [2.45, 2.75) is 25.5 Å². The minimum absolute atomic E-state index is 0.173. The zero-order valence-electron chi connectivity index (χ0n) is 11.1. The number of hydrogen-bond acceptors (Lipinski definition) is 3. The van der Waals surface area contributed by atoms with Crippen molar-refractivity contribution in [1.29, 1.82) is 0 Å². The highest BCUT2D eigenvalue weighted by atomic mass is 19.1. The second-order valence-corrected chi connectivity index (χ2v) is 5.02. The lowest BCUT2D eigenvalue weighted by Gasteiger charge is -2.49. The van der Waals surface area contributed by atoms with Crippen LogP contribution >= 0.6 is 0 Å². The van der Waals surface area contributed by atoms with Crippen molar-refractivity contribution < 1.29 is 13.5 Å². The van der Waals surface area contributed by atoms with Gasteiger partial charge in [-0.2, -0.15) is 5.10 Å². The van der Waals surface area contributed by atoms with Crippen molar-refractivity contribution >= 4 is 0 Å². The van der Waals surface area contributed by atoms with Crippen LogP contribution in [0.4, 0.5) is 8.78 Å². The van der Waals surface area contributed by atoms with Gasteiger partial charge < -0.3 is 4.74 Å². The van der Waals surface area contributed by atoms with Crippen molar-refractivity contribution in [2.24, 2.45) is 5.92 Å². The van der Waals surface area contributed by atoms with Gasteiger partial charge in [-0.1, -0.05) is 13.0 Å². The molecule has 1 aliphatic heterocycles. The summed E-state index contributed by atoms with van der Waals surface area (Å²) in [5, 5.41) is 4.05. The number of ether oxygens (including phenoxy) is 1. The molecule has 2 atom stereocenters. The maximum atomic E-state index is 14.1. The number of nitrogens with zero attached hydrogens (tertiary/aromatic N) is 3. The maximum absolute atomic E-state index is 14.1. The Morgan fingerprint density at radius 3 is 2.85 bits per heavy atom. The smallest absolute Gasteiger partial charge is 0.137 e. The zero-order chi connectivity index (χ0) is 14.2. The van der Waals surface area contributed by atoms with Gasteiger partial charge in [0.15, 0.2) is 0 Å². The predicted molar refractivity (Wildman–Crippen MR) is 67.8 cm³/mol. The first-order chi connectivity index (χ1) is 9.65. The molecule has 2 heterocycles. The molecule has 0 saturated carbocycles. The molecule has 2 aromatic rings. The lowest BCUT2D eigenvalue weighted by molar-refractivity contribution is -0.224. The van der Waals surface area contributed by atoms with E-state index in [2.05, 4.69) is 10.1 Å². The van der Waals surface area contributed by atoms with Crippen LogP contribution in [0.1, 0.15) is 18.9 Å². The molecule has 106 valence electrons. The molecule has 1 aromatic heterocycles. The summed E-state index contributed by atoms with van der Waals surface area (Å²) in [5.74, 6) is -0.996. The van der Waals surface area contributed by atoms with Crippen LogP contribution < -0.4 is 0 Å². The monoisotopic (exact) mass is 279 g/mol. The molecule has 20 heavy (non-hydrogen) atoms. The SMILES string of the molecule is CCC1COC1(Cn1cncn1)c1ccc(F)cc1F. The van der Waals surface area contributed by atoms with Gasteiger partial charge in [-0.05, 0) is 12.5 Å². The van der Waals surface area contributed by atoms with E-state index >= 15 is 0 Å². The molecule has 0 bridgehead atoms. The highest BCUT2D eigenvalue weighted by Crippen LogP contribution is 2.46. The van der Waals surface area contributed by atoms with Gasteiger partial charge in [-0.3, -0.25) is 0 Å². The minimum atomic E-state index is -0.791. The molecule has 4 nitrogen and oxygen atoms in total. The van der Waals surface area contributed by atoms with Crippen molar-refractivity contribution in [1.82, 2.24) is 14.8 Å². The second kappa shape index (κ2) is 4.94. The number of hydrogen-bond donors (Lipinski definition) is 0. The van der Waals surface area contributed by atoms with E-state index in [9.17, 15) is 8.78 Å². The van der Waals surface area contributed by atoms with Crippen LogP contribution in [0.15, 0.2) is 30.9 Å². The highest BCUT2D eigenvalue weighted by Gasteiger charge is 2.50. The molecule has 6 heteroatoms. The molecule has 0 radical (unpaired) electrons. The Kier molecular flexibility index (Phi) is 3.25. The Labute approximate surface area is 115 Å². The van der Waals surface area contributed by atoms with Crippen molar-refractivity contribution in [3.8, 4) is 0 Å². The Morgan fingerprint density at radius 2 is 2.30 bits per heavy atom. The molecule has 2 unspecified atom stereocenters. The quantitative estimate of drug-likeness (QED) is 0.863. The Morgan fingerprint density at radius 1 is 1.45 bits per heavy atom. The van der Waals surface area contributed by atoms with Crippen LogP contribution in [-0.2, 0) is 16.9 Å². The molecule has 1 aromatic carbocycles. The highest BCUT2D eigenvalue weighted by molar-refractivity contribution is 5.28. The van der Waals surface area contributed by atoms with Gasteiger partial charge in [0, 0.05) is 17.5 Å². The molecule has 0 N–H and O–H groups in total. The van der Waals surface area contributed by atoms with Crippen LogP contribution in [0, 0.1) is 17.6 Å². The number of rotatable bonds is 4. The van der Waals surface area contributed by atoms with Gasteiger partial charge in [0.25, 0.3) is 0 Å². The molecule has 0 aliphatic carbocycles. The molecule has 0 spiro atoms. The van der Waals surface area contributed by atoms with E-state index in [1.807, 2.05) is 6.92 Å². The summed E-state index contributed by atoms with van der Waals surface area (Å²) >= 11 is 0.